The topological polar surface area (TPSA) is 80.7 Å². The number of hydrogen-bond acceptors (Lipinski definition) is 4. The number of nitrogens with one attached hydrogen (secondary N) is 1. The molecular formula is C13H20N4O. The van der Waals surface area contributed by atoms with Crippen LogP contribution in [0.4, 0.5) is 0 Å². The molecule has 2 rings (SSSR count). The molecule has 0 aliphatic rings. The summed E-state index contributed by atoms with van der Waals surface area (Å²) in [6.45, 7) is 6.51. The lowest BCUT2D eigenvalue weighted by molar-refractivity contribution is 0.313. The Morgan fingerprint density at radius 2 is 2.22 bits per heavy atom. The molecule has 0 aliphatic carbocycles. The summed E-state index contributed by atoms with van der Waals surface area (Å²) in [5, 5.41) is 3.94. The maximum Gasteiger partial charge on any atom is 0.228 e. The Balaban J connectivity index is 1.99. The number of aromatic amines is 1. The second-order valence-corrected chi connectivity index (χ2v) is 5.82. The predicted octanol–water partition coefficient (Wildman–Crippen LogP) is 2.37. The summed E-state index contributed by atoms with van der Waals surface area (Å²) >= 11 is 0. The van der Waals surface area contributed by atoms with E-state index in [1.165, 1.54) is 0 Å². The highest BCUT2D eigenvalue weighted by molar-refractivity contribution is 5.47. The molecular weight excluding hydrogens is 228 g/mol. The molecule has 0 aromatic carbocycles. The lowest BCUT2D eigenvalue weighted by atomic mass is 9.87. The second-order valence-electron chi connectivity index (χ2n) is 5.82. The first-order valence-electron chi connectivity index (χ1n) is 6.16. The summed E-state index contributed by atoms with van der Waals surface area (Å²) in [5.41, 5.74) is 7.15. The van der Waals surface area contributed by atoms with Gasteiger partial charge in [0, 0.05) is 18.7 Å². The molecule has 2 aromatic rings. The number of rotatable bonds is 4. The molecule has 1 atom stereocenters. The number of aromatic nitrogens is 3. The van der Waals surface area contributed by atoms with E-state index in [9.17, 15) is 0 Å². The van der Waals surface area contributed by atoms with Gasteiger partial charge in [-0.25, -0.2) is 0 Å². The van der Waals surface area contributed by atoms with Crippen LogP contribution in [0.1, 0.15) is 33.1 Å². The average molecular weight is 248 g/mol. The van der Waals surface area contributed by atoms with Crippen molar-refractivity contribution in [2.75, 3.05) is 0 Å². The second kappa shape index (κ2) is 4.94. The van der Waals surface area contributed by atoms with Crippen molar-refractivity contribution in [2.24, 2.45) is 11.1 Å². The molecule has 2 heterocycles. The van der Waals surface area contributed by atoms with Gasteiger partial charge in [-0.15, -0.1) is 0 Å². The van der Waals surface area contributed by atoms with Gasteiger partial charge in [0.05, 0.1) is 5.69 Å². The molecule has 0 fully saturated rings. The smallest absolute Gasteiger partial charge is 0.228 e. The van der Waals surface area contributed by atoms with Gasteiger partial charge in [0.15, 0.2) is 0 Å². The maximum absolute atomic E-state index is 6.08. The average Bonchev–Trinajstić information content (AvgIpc) is 2.82. The predicted molar refractivity (Wildman–Crippen MR) is 69.8 cm³/mol. The standard InChI is InChI=1S/C13H20N4O/c1-13(2,3)8-9(14)7-11-16-12(17-18-11)10-5-4-6-15-10/h4-6,9,15H,7-8,14H2,1-3H3. The number of nitrogens with two attached hydrogens (primary N) is 1. The van der Waals surface area contributed by atoms with E-state index in [1.807, 2.05) is 18.3 Å². The van der Waals surface area contributed by atoms with E-state index in [4.69, 9.17) is 10.3 Å². The Kier molecular flexibility index (Phi) is 3.52. The van der Waals surface area contributed by atoms with E-state index in [1.54, 1.807) is 0 Å². The molecule has 0 amide bonds. The largest absolute Gasteiger partial charge is 0.359 e. The third-order valence-electron chi connectivity index (χ3n) is 2.62. The fourth-order valence-electron chi connectivity index (χ4n) is 2.00. The van der Waals surface area contributed by atoms with Crippen molar-refractivity contribution in [3.8, 4) is 11.5 Å². The van der Waals surface area contributed by atoms with Gasteiger partial charge in [-0.1, -0.05) is 25.9 Å². The van der Waals surface area contributed by atoms with E-state index in [0.29, 0.717) is 18.1 Å². The van der Waals surface area contributed by atoms with Gasteiger partial charge in [0.1, 0.15) is 0 Å². The maximum atomic E-state index is 6.08. The molecule has 3 N–H and O–H groups in total. The summed E-state index contributed by atoms with van der Waals surface area (Å²) in [4.78, 5) is 7.38. The van der Waals surface area contributed by atoms with E-state index in [2.05, 4.69) is 35.9 Å². The molecule has 0 saturated heterocycles. The van der Waals surface area contributed by atoms with Gasteiger partial charge in [-0.3, -0.25) is 0 Å². The van der Waals surface area contributed by atoms with Crippen LogP contribution in [0, 0.1) is 5.41 Å². The summed E-state index contributed by atoms with van der Waals surface area (Å²) in [6, 6.07) is 3.85. The van der Waals surface area contributed by atoms with Crippen molar-refractivity contribution in [2.45, 2.75) is 39.7 Å². The van der Waals surface area contributed by atoms with Crippen LogP contribution in [-0.2, 0) is 6.42 Å². The zero-order valence-electron chi connectivity index (χ0n) is 11.1. The first-order valence-corrected chi connectivity index (χ1v) is 6.16. The highest BCUT2D eigenvalue weighted by Crippen LogP contribution is 2.21. The van der Waals surface area contributed by atoms with Gasteiger partial charge in [0.2, 0.25) is 11.7 Å². The molecule has 0 aliphatic heterocycles. The van der Waals surface area contributed by atoms with Crippen molar-refractivity contribution in [3.63, 3.8) is 0 Å². The number of H-pyrrole nitrogens is 1. The van der Waals surface area contributed by atoms with Gasteiger partial charge in [-0.05, 0) is 24.0 Å². The Morgan fingerprint density at radius 3 is 2.83 bits per heavy atom. The first-order chi connectivity index (χ1) is 8.44. The van der Waals surface area contributed by atoms with Crippen LogP contribution in [0.15, 0.2) is 22.9 Å². The van der Waals surface area contributed by atoms with Crippen molar-refractivity contribution < 1.29 is 4.52 Å². The summed E-state index contributed by atoms with van der Waals surface area (Å²) < 4.78 is 5.21. The highest BCUT2D eigenvalue weighted by atomic mass is 16.5. The molecule has 5 nitrogen and oxygen atoms in total. The monoisotopic (exact) mass is 248 g/mol. The van der Waals surface area contributed by atoms with Crippen LogP contribution >= 0.6 is 0 Å². The molecule has 2 aromatic heterocycles. The van der Waals surface area contributed by atoms with E-state index >= 15 is 0 Å². The number of nitrogens with zero attached hydrogens (tertiary/aromatic N) is 2. The van der Waals surface area contributed by atoms with Crippen LogP contribution in [0.25, 0.3) is 11.5 Å². The fraction of sp³-hybridized carbons (Fsp3) is 0.538. The SMILES string of the molecule is CC(C)(C)CC(N)Cc1nc(-c2ccc[nH]2)no1. The molecule has 0 saturated carbocycles. The zero-order valence-corrected chi connectivity index (χ0v) is 11.1. The van der Waals surface area contributed by atoms with Gasteiger partial charge >= 0.3 is 0 Å². The minimum atomic E-state index is 0.0435. The van der Waals surface area contributed by atoms with Gasteiger partial charge in [-0.2, -0.15) is 4.98 Å². The minimum Gasteiger partial charge on any atom is -0.359 e. The molecule has 0 radical (unpaired) electrons. The van der Waals surface area contributed by atoms with Crippen LogP contribution in [0.2, 0.25) is 0 Å². The van der Waals surface area contributed by atoms with E-state index in [0.717, 1.165) is 12.1 Å². The lowest BCUT2D eigenvalue weighted by Crippen LogP contribution is -2.28. The summed E-state index contributed by atoms with van der Waals surface area (Å²) in [5.74, 6) is 1.18. The Hall–Kier alpha value is -1.62. The normalized spacial score (nSPS) is 13.8. The van der Waals surface area contributed by atoms with Crippen LogP contribution in [0.3, 0.4) is 0 Å². The first kappa shape index (κ1) is 12.8. The van der Waals surface area contributed by atoms with Crippen LogP contribution in [-0.4, -0.2) is 21.2 Å². The van der Waals surface area contributed by atoms with Crippen molar-refractivity contribution in [3.05, 3.63) is 24.2 Å². The van der Waals surface area contributed by atoms with E-state index in [-0.39, 0.29) is 11.5 Å². The minimum absolute atomic E-state index is 0.0435. The van der Waals surface area contributed by atoms with Crippen LogP contribution in [0.5, 0.6) is 0 Å². The molecule has 5 heteroatoms. The molecule has 98 valence electrons. The van der Waals surface area contributed by atoms with Crippen LogP contribution < -0.4 is 5.73 Å². The third-order valence-corrected chi connectivity index (χ3v) is 2.62. The number of hydrogen-bond donors (Lipinski definition) is 2. The Bertz CT molecular complexity index is 481. The van der Waals surface area contributed by atoms with Gasteiger partial charge in [0.25, 0.3) is 0 Å². The van der Waals surface area contributed by atoms with Crippen molar-refractivity contribution in [1.29, 1.82) is 0 Å². The zero-order chi connectivity index (χ0) is 13.2. The van der Waals surface area contributed by atoms with Crippen molar-refractivity contribution >= 4 is 0 Å². The quantitative estimate of drug-likeness (QED) is 0.870. The summed E-state index contributed by atoms with van der Waals surface area (Å²) in [6.07, 6.45) is 3.37. The lowest BCUT2D eigenvalue weighted by Gasteiger charge is -2.21. The Morgan fingerprint density at radius 1 is 1.44 bits per heavy atom. The molecule has 18 heavy (non-hydrogen) atoms. The molecule has 0 bridgehead atoms. The fourth-order valence-corrected chi connectivity index (χ4v) is 2.00. The van der Waals surface area contributed by atoms with E-state index < -0.39 is 0 Å². The van der Waals surface area contributed by atoms with Gasteiger partial charge < -0.3 is 15.2 Å². The van der Waals surface area contributed by atoms with Crippen molar-refractivity contribution in [1.82, 2.24) is 15.1 Å². The Labute approximate surface area is 107 Å². The molecule has 1 unspecified atom stereocenters. The third kappa shape index (κ3) is 3.43. The molecule has 0 spiro atoms. The summed E-state index contributed by atoms with van der Waals surface area (Å²) in [7, 11) is 0. The highest BCUT2D eigenvalue weighted by Gasteiger charge is 2.18.